The number of rotatable bonds is 5. The van der Waals surface area contributed by atoms with Crippen molar-refractivity contribution in [1.29, 1.82) is 0 Å². The van der Waals surface area contributed by atoms with Gasteiger partial charge in [0.25, 0.3) is 0 Å². The van der Waals surface area contributed by atoms with Crippen LogP contribution in [-0.2, 0) is 11.2 Å². The molecule has 0 radical (unpaired) electrons. The predicted octanol–water partition coefficient (Wildman–Crippen LogP) is 3.19. The second-order valence-corrected chi connectivity index (χ2v) is 7.91. The molecule has 3 rings (SSSR count). The van der Waals surface area contributed by atoms with Crippen molar-refractivity contribution in [3.8, 4) is 0 Å². The summed E-state index contributed by atoms with van der Waals surface area (Å²) in [5.41, 5.74) is 3.78. The van der Waals surface area contributed by atoms with Crippen molar-refractivity contribution in [2.75, 3.05) is 7.11 Å². The number of aliphatic hydroxyl groups is 1. The quantitative estimate of drug-likeness (QED) is 0.829. The van der Waals surface area contributed by atoms with E-state index in [-0.39, 0.29) is 12.2 Å². The van der Waals surface area contributed by atoms with Crippen molar-refractivity contribution in [3.63, 3.8) is 0 Å². The minimum absolute atomic E-state index is 0.137. The molecule has 0 fully saturated rings. The molecule has 0 saturated carbocycles. The first-order valence-electron chi connectivity index (χ1n) is 7.80. The van der Waals surface area contributed by atoms with Crippen LogP contribution in [0.3, 0.4) is 0 Å². The van der Waals surface area contributed by atoms with Gasteiger partial charge in [-0.2, -0.15) is 0 Å². The molecule has 2 aromatic carbocycles. The number of fused-ring (bicyclic) bond motifs is 1. The third kappa shape index (κ3) is 3.44. The Morgan fingerprint density at radius 2 is 2.00 bits per heavy atom. The van der Waals surface area contributed by atoms with Gasteiger partial charge in [-0.25, -0.2) is 0 Å². The van der Waals surface area contributed by atoms with Gasteiger partial charge >= 0.3 is 138 Å². The molecule has 0 bridgehead atoms. The molecule has 2 nitrogen and oxygen atoms in total. The first-order valence-corrected chi connectivity index (χ1v) is 9.86. The van der Waals surface area contributed by atoms with Gasteiger partial charge in [0.15, 0.2) is 0 Å². The molecule has 0 aliphatic heterocycles. The van der Waals surface area contributed by atoms with Crippen LogP contribution in [-0.4, -0.2) is 27.2 Å². The third-order valence-corrected chi connectivity index (χ3v) is 6.64. The molecule has 1 unspecified atom stereocenters. The Kier molecular flexibility index (Phi) is 5.32. The van der Waals surface area contributed by atoms with Crippen LogP contribution in [0.1, 0.15) is 41.7 Å². The van der Waals surface area contributed by atoms with Crippen molar-refractivity contribution >= 4 is 19.4 Å². The molecule has 116 valence electrons. The molecule has 0 amide bonds. The molecule has 0 saturated heterocycles. The molecule has 0 heterocycles. The number of hydrogen-bond acceptors (Lipinski definition) is 2. The van der Waals surface area contributed by atoms with Gasteiger partial charge in [-0.1, -0.05) is 0 Å². The predicted molar refractivity (Wildman–Crippen MR) is 90.7 cm³/mol. The number of ether oxygens (including phenoxy) is 1. The van der Waals surface area contributed by atoms with Gasteiger partial charge < -0.3 is 0 Å². The molecule has 0 spiro atoms. The summed E-state index contributed by atoms with van der Waals surface area (Å²) in [6.07, 6.45) is 2.95. The molecule has 0 aromatic heterocycles. The van der Waals surface area contributed by atoms with Gasteiger partial charge in [0.05, 0.1) is 0 Å². The van der Waals surface area contributed by atoms with Gasteiger partial charge in [-0.05, 0) is 0 Å². The monoisotopic (exact) mass is 362 g/mol. The first kappa shape index (κ1) is 15.8. The Morgan fingerprint density at radius 3 is 2.77 bits per heavy atom. The average Bonchev–Trinajstić information content (AvgIpc) is 2.56. The van der Waals surface area contributed by atoms with Crippen molar-refractivity contribution in [3.05, 3.63) is 65.2 Å². The van der Waals surface area contributed by atoms with Crippen LogP contribution in [0.2, 0.25) is 5.32 Å². The van der Waals surface area contributed by atoms with E-state index >= 15 is 0 Å². The molecule has 1 aliphatic carbocycles. The molecule has 1 aliphatic rings. The van der Waals surface area contributed by atoms with E-state index in [9.17, 15) is 5.11 Å². The summed E-state index contributed by atoms with van der Waals surface area (Å²) in [7, 11) is 1.78. The fourth-order valence-corrected chi connectivity index (χ4v) is 5.71. The Labute approximate surface area is 138 Å². The normalized spacial score (nSPS) is 18.7. The number of aryl methyl sites for hydroxylation is 1. The van der Waals surface area contributed by atoms with Gasteiger partial charge in [0.2, 0.25) is 0 Å². The SMILES string of the molecule is CO[C@@H](C[Se]c1cccc2c1C(O)CCC2)c1ccccc1. The van der Waals surface area contributed by atoms with Crippen LogP contribution in [0.4, 0.5) is 0 Å². The minimum atomic E-state index is -0.278. The van der Waals surface area contributed by atoms with E-state index in [1.165, 1.54) is 21.2 Å². The van der Waals surface area contributed by atoms with Gasteiger partial charge in [-0.3, -0.25) is 0 Å². The van der Waals surface area contributed by atoms with E-state index in [1.807, 2.05) is 6.07 Å². The number of hydrogen-bond donors (Lipinski definition) is 1. The second kappa shape index (κ2) is 7.43. The van der Waals surface area contributed by atoms with Gasteiger partial charge in [-0.15, -0.1) is 0 Å². The summed E-state index contributed by atoms with van der Waals surface area (Å²) in [4.78, 5) is 0. The van der Waals surface area contributed by atoms with E-state index in [4.69, 9.17) is 4.74 Å². The zero-order valence-electron chi connectivity index (χ0n) is 12.9. The van der Waals surface area contributed by atoms with Crippen LogP contribution in [0.15, 0.2) is 48.5 Å². The molecule has 2 aromatic rings. The standard InChI is InChI=1S/C19H22O2Se/c1-21-17(14-7-3-2-4-8-14)13-22-18-12-6-10-15-9-5-11-16(20)19(15)18/h2-4,6-8,10,12,16-17,20H,5,9,11,13H2,1H3/t16?,17-/m0/s1. The Bertz CT molecular complexity index is 612. The van der Waals surface area contributed by atoms with Crippen molar-refractivity contribution in [1.82, 2.24) is 0 Å². The third-order valence-electron chi connectivity index (χ3n) is 4.26. The van der Waals surface area contributed by atoms with E-state index in [1.54, 1.807) is 7.11 Å². The van der Waals surface area contributed by atoms with Crippen molar-refractivity contribution in [2.24, 2.45) is 0 Å². The number of aliphatic hydroxyl groups excluding tert-OH is 1. The van der Waals surface area contributed by atoms with Crippen LogP contribution in [0.25, 0.3) is 0 Å². The van der Waals surface area contributed by atoms with E-state index in [2.05, 4.69) is 42.5 Å². The maximum absolute atomic E-state index is 10.4. The second-order valence-electron chi connectivity index (χ2n) is 5.68. The summed E-state index contributed by atoms with van der Waals surface area (Å²) >= 11 is 0.306. The Morgan fingerprint density at radius 1 is 1.18 bits per heavy atom. The fraction of sp³-hybridized carbons (Fsp3) is 0.368. The summed E-state index contributed by atoms with van der Waals surface area (Å²) in [6.45, 7) is 0. The molecule has 1 N–H and O–H groups in total. The zero-order valence-corrected chi connectivity index (χ0v) is 14.6. The fourth-order valence-electron chi connectivity index (χ4n) is 3.08. The summed E-state index contributed by atoms with van der Waals surface area (Å²) < 4.78 is 7.02. The van der Waals surface area contributed by atoms with Crippen LogP contribution in [0.5, 0.6) is 0 Å². The number of benzene rings is 2. The van der Waals surface area contributed by atoms with Crippen LogP contribution in [0, 0.1) is 0 Å². The molecular formula is C19H22O2Se. The zero-order chi connectivity index (χ0) is 15.4. The summed E-state index contributed by atoms with van der Waals surface area (Å²) in [5.74, 6) is 0. The number of methoxy groups -OCH3 is 1. The molecule has 2 atom stereocenters. The molecule has 22 heavy (non-hydrogen) atoms. The van der Waals surface area contributed by atoms with E-state index in [0.29, 0.717) is 15.0 Å². The Balaban J connectivity index is 1.76. The molecule has 3 heteroatoms. The first-order chi connectivity index (χ1) is 10.8. The topological polar surface area (TPSA) is 29.5 Å². The summed E-state index contributed by atoms with van der Waals surface area (Å²) in [5, 5.41) is 11.4. The van der Waals surface area contributed by atoms with E-state index in [0.717, 1.165) is 24.6 Å². The van der Waals surface area contributed by atoms with Gasteiger partial charge in [0.1, 0.15) is 0 Å². The Hall–Kier alpha value is -1.12. The maximum atomic E-state index is 10.4. The van der Waals surface area contributed by atoms with Crippen molar-refractivity contribution in [2.45, 2.75) is 36.8 Å². The van der Waals surface area contributed by atoms with Gasteiger partial charge in [0, 0.05) is 0 Å². The van der Waals surface area contributed by atoms with Crippen molar-refractivity contribution < 1.29 is 9.84 Å². The summed E-state index contributed by atoms with van der Waals surface area (Å²) in [6, 6.07) is 16.9. The van der Waals surface area contributed by atoms with E-state index < -0.39 is 0 Å². The molecular weight excluding hydrogens is 339 g/mol. The average molecular weight is 361 g/mol. The van der Waals surface area contributed by atoms with Crippen LogP contribution >= 0.6 is 0 Å². The van der Waals surface area contributed by atoms with Crippen LogP contribution < -0.4 is 4.46 Å².